The number of carbonyl (C=O) groups excluding carboxylic acids is 1. The molecule has 1 atom stereocenters. The standard InChI is InChI=1S/C43H82NO4.ClH/c1-4-6-8-10-12-14-16-18-20-22-24-26-28-30-32-34-43(45)48-41-42(40-44(3)35-38-46-39-36-44)47-37-33-31-29-27-25-23-21-19-17-15-13-11-9-7-5-2;/h18-21,42H,4-17,22-41H2,1-3H3;1H/q+1;/p-1/b20-18+,21-19+;. The van der Waals surface area contributed by atoms with Crippen molar-refractivity contribution >= 4 is 5.97 Å². The molecule has 290 valence electrons. The van der Waals surface area contributed by atoms with Crippen LogP contribution in [0.15, 0.2) is 24.3 Å². The Hall–Kier alpha value is -0.880. The van der Waals surface area contributed by atoms with E-state index in [9.17, 15) is 4.79 Å². The molecule has 6 heteroatoms. The van der Waals surface area contributed by atoms with Crippen LogP contribution >= 0.6 is 0 Å². The minimum atomic E-state index is -0.0631. The molecule has 0 aromatic heterocycles. The molecule has 49 heavy (non-hydrogen) atoms. The van der Waals surface area contributed by atoms with Gasteiger partial charge in [0.15, 0.2) is 0 Å². The molecule has 1 heterocycles. The van der Waals surface area contributed by atoms with Crippen LogP contribution in [0.4, 0.5) is 0 Å². The number of hydrogen-bond donors (Lipinski definition) is 0. The lowest BCUT2D eigenvalue weighted by molar-refractivity contribution is -0.919. The highest BCUT2D eigenvalue weighted by Crippen LogP contribution is 2.15. The molecule has 1 saturated heterocycles. The molecule has 1 aliphatic rings. The van der Waals surface area contributed by atoms with Gasteiger partial charge < -0.3 is 31.1 Å². The number of hydrogen-bond acceptors (Lipinski definition) is 4. The molecule has 0 radical (unpaired) electrons. The van der Waals surface area contributed by atoms with E-state index < -0.39 is 0 Å². The average Bonchev–Trinajstić information content (AvgIpc) is 3.08. The topological polar surface area (TPSA) is 44.8 Å². The number of unbranched alkanes of at least 4 members (excludes halogenated alkanes) is 22. The van der Waals surface area contributed by atoms with Gasteiger partial charge in [0.1, 0.15) is 32.3 Å². The van der Waals surface area contributed by atoms with Gasteiger partial charge in [-0.25, -0.2) is 0 Å². The molecule has 0 spiro atoms. The van der Waals surface area contributed by atoms with Crippen molar-refractivity contribution in [1.82, 2.24) is 0 Å². The molecule has 1 aliphatic heterocycles. The van der Waals surface area contributed by atoms with Crippen molar-refractivity contribution in [2.24, 2.45) is 0 Å². The van der Waals surface area contributed by atoms with Gasteiger partial charge in [0.2, 0.25) is 0 Å². The quantitative estimate of drug-likeness (QED) is 0.0285. The maximum absolute atomic E-state index is 12.6. The molecular formula is C43H82ClNO4. The zero-order valence-corrected chi connectivity index (χ0v) is 33.6. The predicted molar refractivity (Wildman–Crippen MR) is 207 cm³/mol. The smallest absolute Gasteiger partial charge is 0.305 e. The fraction of sp³-hybridized carbons (Fsp3) is 0.884. The van der Waals surface area contributed by atoms with Gasteiger partial charge in [-0.15, -0.1) is 0 Å². The Morgan fingerprint density at radius 2 is 1.02 bits per heavy atom. The molecule has 0 aromatic carbocycles. The zero-order valence-electron chi connectivity index (χ0n) is 32.9. The van der Waals surface area contributed by atoms with Crippen LogP contribution in [0.5, 0.6) is 0 Å². The fourth-order valence-corrected chi connectivity index (χ4v) is 6.63. The summed E-state index contributed by atoms with van der Waals surface area (Å²) >= 11 is 0. The van der Waals surface area contributed by atoms with Crippen molar-refractivity contribution in [2.45, 2.75) is 193 Å². The van der Waals surface area contributed by atoms with Crippen LogP contribution in [0.1, 0.15) is 187 Å². The maximum atomic E-state index is 12.6. The van der Waals surface area contributed by atoms with Crippen LogP contribution in [0.3, 0.4) is 0 Å². The summed E-state index contributed by atoms with van der Waals surface area (Å²) < 4.78 is 18.7. The Kier molecular flexibility index (Phi) is 36.2. The second-order valence-corrected chi connectivity index (χ2v) is 15.0. The monoisotopic (exact) mass is 712 g/mol. The second-order valence-electron chi connectivity index (χ2n) is 15.0. The van der Waals surface area contributed by atoms with Crippen LogP contribution in [-0.4, -0.2) is 69.7 Å². The summed E-state index contributed by atoms with van der Waals surface area (Å²) in [5.41, 5.74) is 0. The first-order valence-electron chi connectivity index (χ1n) is 21.1. The maximum Gasteiger partial charge on any atom is 0.305 e. The molecule has 0 aromatic rings. The highest BCUT2D eigenvalue weighted by atomic mass is 35.5. The van der Waals surface area contributed by atoms with Gasteiger partial charge in [0.05, 0.1) is 20.3 Å². The third-order valence-corrected chi connectivity index (χ3v) is 10.0. The van der Waals surface area contributed by atoms with Crippen molar-refractivity contribution in [3.63, 3.8) is 0 Å². The molecule has 0 saturated carbocycles. The number of nitrogens with zero attached hydrogens (tertiary/aromatic N) is 1. The van der Waals surface area contributed by atoms with E-state index in [0.717, 1.165) is 63.2 Å². The third-order valence-electron chi connectivity index (χ3n) is 10.0. The van der Waals surface area contributed by atoms with Gasteiger partial charge in [-0.3, -0.25) is 4.79 Å². The van der Waals surface area contributed by atoms with Crippen LogP contribution in [-0.2, 0) is 19.0 Å². The van der Waals surface area contributed by atoms with Crippen molar-refractivity contribution in [2.75, 3.05) is 53.1 Å². The van der Waals surface area contributed by atoms with Gasteiger partial charge in [0, 0.05) is 13.0 Å². The predicted octanol–water partition coefficient (Wildman–Crippen LogP) is 9.08. The number of quaternary nitrogens is 1. The number of likely N-dealkylation sites (N-methyl/N-ethyl adjacent to an activating group) is 1. The summed E-state index contributed by atoms with van der Waals surface area (Å²) in [4.78, 5) is 12.6. The lowest BCUT2D eigenvalue weighted by atomic mass is 10.1. The van der Waals surface area contributed by atoms with Gasteiger partial charge >= 0.3 is 5.97 Å². The van der Waals surface area contributed by atoms with Crippen molar-refractivity contribution in [3.05, 3.63) is 24.3 Å². The average molecular weight is 713 g/mol. The van der Waals surface area contributed by atoms with Gasteiger partial charge in [0.25, 0.3) is 0 Å². The summed E-state index contributed by atoms with van der Waals surface area (Å²) in [5, 5.41) is 0. The Morgan fingerprint density at radius 3 is 1.49 bits per heavy atom. The number of halogens is 1. The Morgan fingerprint density at radius 1 is 0.612 bits per heavy atom. The number of rotatable bonds is 35. The van der Waals surface area contributed by atoms with Gasteiger partial charge in [-0.1, -0.05) is 141 Å². The normalized spacial score (nSPS) is 15.2. The Balaban J connectivity index is 0.0000230. The summed E-state index contributed by atoms with van der Waals surface area (Å²) in [5.74, 6) is -0.0631. The van der Waals surface area contributed by atoms with Gasteiger partial charge in [-0.2, -0.15) is 0 Å². The highest BCUT2D eigenvalue weighted by molar-refractivity contribution is 5.69. The number of esters is 1. The van der Waals surface area contributed by atoms with Crippen LogP contribution in [0, 0.1) is 0 Å². The minimum absolute atomic E-state index is 0. The number of carbonyl (C=O) groups is 1. The summed E-state index contributed by atoms with van der Waals surface area (Å²) in [6.45, 7) is 10.2. The van der Waals surface area contributed by atoms with E-state index in [0.29, 0.717) is 13.0 Å². The molecule has 5 nitrogen and oxygen atoms in total. The fourth-order valence-electron chi connectivity index (χ4n) is 6.63. The first kappa shape index (κ1) is 48.1. The van der Waals surface area contributed by atoms with Crippen molar-refractivity contribution in [3.8, 4) is 0 Å². The van der Waals surface area contributed by atoms with Crippen LogP contribution < -0.4 is 12.4 Å². The van der Waals surface area contributed by atoms with Crippen LogP contribution in [0.2, 0.25) is 0 Å². The second kappa shape index (κ2) is 36.9. The van der Waals surface area contributed by atoms with E-state index in [-0.39, 0.29) is 24.5 Å². The first-order valence-corrected chi connectivity index (χ1v) is 21.1. The lowest BCUT2D eigenvalue weighted by Gasteiger charge is -2.39. The SMILES string of the molecule is CCCCCCCC/C=C/CCCCCCCOC(COC(=O)CCCCCCC/C=C/CCCCCCCC)C[N+]1(C)CCOCC1.[Cl-]. The molecular weight excluding hydrogens is 630 g/mol. The first-order chi connectivity index (χ1) is 23.6. The van der Waals surface area contributed by atoms with Crippen LogP contribution in [0.25, 0.3) is 0 Å². The molecule has 1 unspecified atom stereocenters. The van der Waals surface area contributed by atoms with E-state index in [1.54, 1.807) is 0 Å². The molecule has 0 N–H and O–H groups in total. The Bertz CT molecular complexity index is 752. The molecule has 1 rings (SSSR count). The molecule has 1 fully saturated rings. The number of morpholine rings is 1. The minimum Gasteiger partial charge on any atom is -1.00 e. The van der Waals surface area contributed by atoms with E-state index >= 15 is 0 Å². The third kappa shape index (κ3) is 32.8. The zero-order chi connectivity index (χ0) is 34.6. The molecule has 0 bridgehead atoms. The molecule has 0 amide bonds. The van der Waals surface area contributed by atoms with Crippen molar-refractivity contribution in [1.29, 1.82) is 0 Å². The summed E-state index contributed by atoms with van der Waals surface area (Å²) in [7, 11) is 2.29. The molecule has 0 aliphatic carbocycles. The van der Waals surface area contributed by atoms with E-state index in [1.807, 2.05) is 0 Å². The van der Waals surface area contributed by atoms with E-state index in [4.69, 9.17) is 14.2 Å². The highest BCUT2D eigenvalue weighted by Gasteiger charge is 2.30. The largest absolute Gasteiger partial charge is 1.00 e. The van der Waals surface area contributed by atoms with E-state index in [2.05, 4.69) is 45.2 Å². The number of ether oxygens (including phenoxy) is 3. The summed E-state index contributed by atoms with van der Waals surface area (Å²) in [6, 6.07) is 0. The Labute approximate surface area is 311 Å². The van der Waals surface area contributed by atoms with Crippen molar-refractivity contribution < 1.29 is 35.9 Å². The van der Waals surface area contributed by atoms with Gasteiger partial charge in [-0.05, 0) is 64.2 Å². The van der Waals surface area contributed by atoms with E-state index in [1.165, 1.54) is 148 Å². The lowest BCUT2D eigenvalue weighted by Crippen LogP contribution is -3.00. The number of allylic oxidation sites excluding steroid dienone is 4. The summed E-state index contributed by atoms with van der Waals surface area (Å²) in [6.07, 6.45) is 43.4.